The monoisotopic (exact) mass is 263 g/mol. The minimum atomic E-state index is 0.337. The first kappa shape index (κ1) is 11.9. The molecule has 0 bridgehead atoms. The summed E-state index contributed by atoms with van der Waals surface area (Å²) in [4.78, 5) is 4.54. The van der Waals surface area contributed by atoms with E-state index < -0.39 is 0 Å². The maximum absolute atomic E-state index is 5.82. The van der Waals surface area contributed by atoms with Gasteiger partial charge in [-0.3, -0.25) is 4.98 Å². The van der Waals surface area contributed by atoms with Crippen molar-refractivity contribution in [2.24, 2.45) is 11.7 Å². The lowest BCUT2D eigenvalue weighted by molar-refractivity contribution is 0.0898. The predicted octanol–water partition coefficient (Wildman–Crippen LogP) is 1.70. The van der Waals surface area contributed by atoms with E-state index in [0.29, 0.717) is 17.1 Å². The Hall–Kier alpha value is -1.20. The highest BCUT2D eigenvalue weighted by molar-refractivity contribution is 7.80. The van der Waals surface area contributed by atoms with Crippen LogP contribution in [-0.4, -0.2) is 28.7 Å². The van der Waals surface area contributed by atoms with Gasteiger partial charge < -0.3 is 15.8 Å². The topological polar surface area (TPSA) is 60.2 Å². The molecule has 1 aromatic rings. The summed E-state index contributed by atoms with van der Waals surface area (Å²) in [6, 6.07) is 2.21. The van der Waals surface area contributed by atoms with Crippen molar-refractivity contribution in [2.45, 2.75) is 31.4 Å². The maximum Gasteiger partial charge on any atom is 0.106 e. The summed E-state index contributed by atoms with van der Waals surface area (Å²) in [6.45, 7) is 0.835. The van der Waals surface area contributed by atoms with Gasteiger partial charge in [0.05, 0.1) is 24.0 Å². The summed E-state index contributed by atoms with van der Waals surface area (Å²) in [6.07, 6.45) is 7.45. The van der Waals surface area contributed by atoms with E-state index in [1.54, 1.807) is 12.4 Å². The molecule has 0 radical (unpaired) electrons. The van der Waals surface area contributed by atoms with Gasteiger partial charge in [-0.05, 0) is 31.2 Å². The molecule has 1 aliphatic carbocycles. The van der Waals surface area contributed by atoms with Crippen molar-refractivity contribution < 1.29 is 4.74 Å². The van der Waals surface area contributed by atoms with Gasteiger partial charge in [-0.1, -0.05) is 12.2 Å². The molecule has 0 amide bonds. The van der Waals surface area contributed by atoms with Gasteiger partial charge in [-0.15, -0.1) is 0 Å². The van der Waals surface area contributed by atoms with E-state index in [2.05, 4.69) is 10.3 Å². The molecule has 0 spiro atoms. The van der Waals surface area contributed by atoms with E-state index in [-0.39, 0.29) is 0 Å². The Morgan fingerprint density at radius 1 is 1.44 bits per heavy atom. The molecule has 18 heavy (non-hydrogen) atoms. The third kappa shape index (κ3) is 2.33. The number of pyridine rings is 1. The van der Waals surface area contributed by atoms with Gasteiger partial charge in [-0.2, -0.15) is 0 Å². The smallest absolute Gasteiger partial charge is 0.106 e. The van der Waals surface area contributed by atoms with Gasteiger partial charge in [-0.25, -0.2) is 0 Å². The molecule has 1 saturated carbocycles. The standard InChI is InChI=1S/C13H17N3OS/c14-13(18)9-3-5-15-7-11(9)16-10-4-6-17-12(10)8-1-2-8/h3,5,7-8,10,12,16H,1-2,4,6H2,(H2,14,18). The van der Waals surface area contributed by atoms with E-state index in [4.69, 9.17) is 22.7 Å². The lowest BCUT2D eigenvalue weighted by atomic mass is 10.1. The van der Waals surface area contributed by atoms with Crippen LogP contribution < -0.4 is 11.1 Å². The zero-order valence-electron chi connectivity index (χ0n) is 10.1. The van der Waals surface area contributed by atoms with E-state index in [0.717, 1.165) is 30.2 Å². The van der Waals surface area contributed by atoms with Gasteiger partial charge in [0.2, 0.25) is 0 Å². The Labute approximate surface area is 112 Å². The van der Waals surface area contributed by atoms with E-state index in [1.807, 2.05) is 6.07 Å². The molecule has 2 unspecified atom stereocenters. The van der Waals surface area contributed by atoms with E-state index in [9.17, 15) is 0 Å². The molecule has 1 saturated heterocycles. The molecule has 2 fully saturated rings. The quantitative estimate of drug-likeness (QED) is 0.810. The summed E-state index contributed by atoms with van der Waals surface area (Å²) in [5.41, 5.74) is 7.51. The van der Waals surface area contributed by atoms with Crippen LogP contribution in [0, 0.1) is 5.92 Å². The molecule has 3 rings (SSSR count). The highest BCUT2D eigenvalue weighted by atomic mass is 32.1. The molecule has 0 aromatic carbocycles. The molecule has 4 nitrogen and oxygen atoms in total. The number of hydrogen-bond acceptors (Lipinski definition) is 4. The van der Waals surface area contributed by atoms with Crippen LogP contribution in [0.3, 0.4) is 0 Å². The van der Waals surface area contributed by atoms with E-state index >= 15 is 0 Å². The zero-order valence-corrected chi connectivity index (χ0v) is 11.0. The summed E-state index contributed by atoms with van der Waals surface area (Å²) >= 11 is 5.06. The number of rotatable bonds is 4. The number of nitrogens with one attached hydrogen (secondary N) is 1. The summed E-state index contributed by atoms with van der Waals surface area (Å²) in [5, 5.41) is 3.51. The van der Waals surface area contributed by atoms with Crippen LogP contribution in [-0.2, 0) is 4.74 Å². The first-order valence-corrected chi connectivity index (χ1v) is 6.78. The number of hydrogen-bond donors (Lipinski definition) is 2. The largest absolute Gasteiger partial charge is 0.389 e. The summed E-state index contributed by atoms with van der Waals surface area (Å²) < 4.78 is 5.82. The van der Waals surface area contributed by atoms with Gasteiger partial charge in [0.15, 0.2) is 0 Å². The Morgan fingerprint density at radius 3 is 3.00 bits per heavy atom. The summed E-state index contributed by atoms with van der Waals surface area (Å²) in [5.74, 6) is 0.731. The van der Waals surface area contributed by atoms with Crippen LogP contribution in [0.1, 0.15) is 24.8 Å². The van der Waals surface area contributed by atoms with Crippen molar-refractivity contribution in [3.05, 3.63) is 24.0 Å². The first-order valence-electron chi connectivity index (χ1n) is 6.37. The van der Waals surface area contributed by atoms with Gasteiger partial charge >= 0.3 is 0 Å². The molecule has 2 aliphatic rings. The Bertz CT molecular complexity index is 461. The number of nitrogens with zero attached hydrogens (tertiary/aromatic N) is 1. The highest BCUT2D eigenvalue weighted by Crippen LogP contribution is 2.39. The van der Waals surface area contributed by atoms with Crippen molar-refractivity contribution in [3.63, 3.8) is 0 Å². The molecular formula is C13H17N3OS. The second kappa shape index (κ2) is 4.82. The Morgan fingerprint density at radius 2 is 2.28 bits per heavy atom. The molecule has 3 N–H and O–H groups in total. The third-order valence-electron chi connectivity index (χ3n) is 3.65. The fraction of sp³-hybridized carbons (Fsp3) is 0.538. The van der Waals surface area contributed by atoms with Crippen LogP contribution in [0.2, 0.25) is 0 Å². The van der Waals surface area contributed by atoms with Crippen LogP contribution in [0.5, 0.6) is 0 Å². The average Bonchev–Trinajstić information content (AvgIpc) is 3.11. The lowest BCUT2D eigenvalue weighted by Crippen LogP contribution is -2.32. The molecule has 2 atom stereocenters. The average molecular weight is 263 g/mol. The van der Waals surface area contributed by atoms with Crippen LogP contribution >= 0.6 is 12.2 Å². The Kier molecular flexibility index (Phi) is 3.18. The second-order valence-corrected chi connectivity index (χ2v) is 5.44. The van der Waals surface area contributed by atoms with Crippen molar-refractivity contribution in [1.82, 2.24) is 4.98 Å². The number of anilines is 1. The van der Waals surface area contributed by atoms with Crippen molar-refractivity contribution in [3.8, 4) is 0 Å². The molecule has 5 heteroatoms. The number of nitrogens with two attached hydrogens (primary N) is 1. The highest BCUT2D eigenvalue weighted by Gasteiger charge is 2.40. The van der Waals surface area contributed by atoms with Crippen molar-refractivity contribution in [1.29, 1.82) is 0 Å². The maximum atomic E-state index is 5.82. The van der Waals surface area contributed by atoms with Crippen LogP contribution in [0.4, 0.5) is 5.69 Å². The minimum absolute atomic E-state index is 0.337. The van der Waals surface area contributed by atoms with Crippen LogP contribution in [0.15, 0.2) is 18.5 Å². The van der Waals surface area contributed by atoms with Gasteiger partial charge in [0, 0.05) is 18.4 Å². The van der Waals surface area contributed by atoms with Crippen molar-refractivity contribution >= 4 is 22.9 Å². The minimum Gasteiger partial charge on any atom is -0.389 e. The predicted molar refractivity (Wildman–Crippen MR) is 74.6 cm³/mol. The molecule has 2 heterocycles. The Balaban J connectivity index is 1.77. The molecule has 1 aromatic heterocycles. The first-order chi connectivity index (χ1) is 8.75. The number of ether oxygens (including phenoxy) is 1. The lowest BCUT2D eigenvalue weighted by Gasteiger charge is -2.21. The fourth-order valence-electron chi connectivity index (χ4n) is 2.58. The van der Waals surface area contributed by atoms with Crippen LogP contribution in [0.25, 0.3) is 0 Å². The molecular weight excluding hydrogens is 246 g/mol. The second-order valence-electron chi connectivity index (χ2n) is 5.00. The fourth-order valence-corrected chi connectivity index (χ4v) is 2.76. The number of aromatic nitrogens is 1. The third-order valence-corrected chi connectivity index (χ3v) is 3.87. The van der Waals surface area contributed by atoms with Gasteiger partial charge in [0.25, 0.3) is 0 Å². The normalized spacial score (nSPS) is 27.1. The van der Waals surface area contributed by atoms with Crippen molar-refractivity contribution in [2.75, 3.05) is 11.9 Å². The summed E-state index contributed by atoms with van der Waals surface area (Å²) in [7, 11) is 0. The SMILES string of the molecule is NC(=S)c1ccncc1NC1CCOC1C1CC1. The zero-order chi connectivity index (χ0) is 12.5. The van der Waals surface area contributed by atoms with E-state index in [1.165, 1.54) is 12.8 Å². The van der Waals surface area contributed by atoms with Gasteiger partial charge in [0.1, 0.15) is 4.99 Å². The number of thiocarbonyl (C=S) groups is 1. The molecule has 96 valence electrons. The molecule has 1 aliphatic heterocycles.